The van der Waals surface area contributed by atoms with Crippen molar-refractivity contribution in [1.29, 1.82) is 5.26 Å². The molecule has 0 atom stereocenters. The van der Waals surface area contributed by atoms with Gasteiger partial charge in [-0.1, -0.05) is 0 Å². The third-order valence-corrected chi connectivity index (χ3v) is 0.335. The zero-order chi connectivity index (χ0) is 3.41. The third kappa shape index (κ3) is 2.19. The third-order valence-electron chi connectivity index (χ3n) is 0.0373. The number of nitrogens with zero attached hydrogens (tertiary/aromatic N) is 1. The fourth-order valence-electron chi connectivity index (χ4n) is 0. The monoisotopic (exact) mass is 89.9 g/mol. The first kappa shape index (κ1) is 4.19. The summed E-state index contributed by atoms with van der Waals surface area (Å²) in [5.74, 6) is 0. The van der Waals surface area contributed by atoms with Crippen LogP contribution in [0.2, 0.25) is 0 Å². The zero-order valence-electron chi connectivity index (χ0n) is 1.76. The van der Waals surface area contributed by atoms with Crippen LogP contribution < -0.4 is 0 Å². The Labute approximate surface area is 33.8 Å². The Morgan fingerprint density at radius 1 is 2.00 bits per heavy atom. The molecule has 0 bridgehead atoms. The predicted octanol–water partition coefficient (Wildman–Crippen LogP) is 1.31. The Hall–Kier alpha value is 0.190. The van der Waals surface area contributed by atoms with Gasteiger partial charge >= 0.3 is 0 Å². The van der Waals surface area contributed by atoms with E-state index in [1.165, 1.54) is 0 Å². The van der Waals surface area contributed by atoms with Crippen LogP contribution in [0.3, 0.4) is 0 Å². The Morgan fingerprint density at radius 3 is 2.25 bits per heavy atom. The molecule has 0 saturated carbocycles. The topological polar surface area (TPSA) is 23.8 Å². The normalized spacial score (nSPS) is 5.00. The Kier molecular flexibility index (Phi) is 3.34. The van der Waals surface area contributed by atoms with Crippen molar-refractivity contribution >= 4 is 22.5 Å². The molecule has 0 amide bonds. The highest BCUT2D eigenvalue weighted by molar-refractivity contribution is 8.70. The highest BCUT2D eigenvalue weighted by atomic mass is 33.1. The number of rotatable bonds is 0. The second-order valence-electron chi connectivity index (χ2n) is 0.175. The molecule has 0 rings (SSSR count). The minimum atomic E-state index is 0.745. The van der Waals surface area contributed by atoms with Crippen LogP contribution in [0.25, 0.3) is 0 Å². The van der Waals surface area contributed by atoms with E-state index in [9.17, 15) is 0 Å². The zero-order valence-corrected chi connectivity index (χ0v) is 3.40. The predicted molar refractivity (Wildman–Crippen MR) is 20.8 cm³/mol. The van der Waals surface area contributed by atoms with Crippen LogP contribution in [0, 0.1) is 10.7 Å². The maximum absolute atomic E-state index is 7.48. The lowest BCUT2D eigenvalue weighted by Crippen LogP contribution is -1.12. The van der Waals surface area contributed by atoms with Crippen molar-refractivity contribution in [1.82, 2.24) is 0 Å². The smallest absolute Gasteiger partial charge is 0.145 e. The van der Waals surface area contributed by atoms with Gasteiger partial charge in [-0.2, -0.15) is 5.26 Å². The highest BCUT2D eigenvalue weighted by Crippen LogP contribution is 1.97. The maximum Gasteiger partial charge on any atom is 0.145 e. The number of hydrogen-bond donors (Lipinski definition) is 0. The Balaban J connectivity index is 2.43. The molecule has 0 aromatic carbocycles. The van der Waals surface area contributed by atoms with E-state index in [2.05, 4.69) is 11.7 Å². The second-order valence-corrected chi connectivity index (χ2v) is 1.02. The summed E-state index contributed by atoms with van der Waals surface area (Å²) in [5.41, 5.74) is 0. The number of hydrogen-bond acceptors (Lipinski definition) is 2. The largest absolute Gasteiger partial charge is 0.184 e. The summed E-state index contributed by atoms with van der Waals surface area (Å²) in [5, 5.41) is 9.15. The van der Waals surface area contributed by atoms with Crippen molar-refractivity contribution in [2.24, 2.45) is 0 Å². The molecule has 0 spiro atoms. The lowest BCUT2D eigenvalue weighted by molar-refractivity contribution is 1.57. The molecule has 0 fully saturated rings. The van der Waals surface area contributed by atoms with Crippen LogP contribution in [0.1, 0.15) is 0 Å². The van der Waals surface area contributed by atoms with E-state index >= 15 is 0 Å². The average molecular weight is 90.2 g/mol. The summed E-state index contributed by atoms with van der Waals surface area (Å²) in [6.45, 7) is 0. The van der Waals surface area contributed by atoms with Gasteiger partial charge in [-0.3, -0.25) is 0 Å². The van der Waals surface area contributed by atoms with Crippen LogP contribution in [-0.2, 0) is 0 Å². The molecule has 1 nitrogen and oxygen atoms in total. The van der Waals surface area contributed by atoms with Crippen molar-refractivity contribution in [3.8, 4) is 5.40 Å². The maximum atomic E-state index is 7.48. The molecule has 0 saturated heterocycles. The Bertz CT molecular complexity index is 35.8. The molecule has 4 heavy (non-hydrogen) atoms. The van der Waals surface area contributed by atoms with Gasteiger partial charge in [0.1, 0.15) is 5.40 Å². The van der Waals surface area contributed by atoms with Gasteiger partial charge < -0.3 is 0 Å². The minimum Gasteiger partial charge on any atom is -0.184 e. The summed E-state index contributed by atoms with van der Waals surface area (Å²) in [7, 11) is 0.745. The quantitative estimate of drug-likeness (QED) is 0.331. The van der Waals surface area contributed by atoms with E-state index in [1.54, 1.807) is 5.40 Å². The Morgan fingerprint density at radius 2 is 2.25 bits per heavy atom. The summed E-state index contributed by atoms with van der Waals surface area (Å²) < 4.78 is 0. The van der Waals surface area contributed by atoms with E-state index < -0.39 is 0 Å². The number of nitriles is 1. The molecular weight excluding hydrogens is 90.2 g/mol. The summed E-state index contributed by atoms with van der Waals surface area (Å²) >= 11 is 4.11. The molecule has 0 heterocycles. The molecule has 0 aromatic rings. The van der Waals surface area contributed by atoms with Crippen molar-refractivity contribution in [3.63, 3.8) is 0 Å². The first-order chi connectivity index (χ1) is 1.91. The van der Waals surface area contributed by atoms with Crippen LogP contribution >= 0.6 is 22.5 Å². The summed E-state index contributed by atoms with van der Waals surface area (Å²) in [4.78, 5) is 0. The fourth-order valence-corrected chi connectivity index (χ4v) is 0. The first-order valence-corrected chi connectivity index (χ1v) is 2.34. The fraction of sp³-hybridized carbons (Fsp3) is 0. The molecule has 0 aliphatic heterocycles. The summed E-state index contributed by atoms with van der Waals surface area (Å²) in [6, 6.07) is 0. The molecule has 0 N–H and O–H groups in total. The average Bonchev–Trinajstić information content (AvgIpc) is 1.37. The van der Waals surface area contributed by atoms with Crippen molar-refractivity contribution in [2.75, 3.05) is 0 Å². The van der Waals surface area contributed by atoms with E-state index in [0.717, 1.165) is 10.8 Å². The number of thiocyanates is 1. The molecule has 0 unspecified atom stereocenters. The van der Waals surface area contributed by atoms with Crippen molar-refractivity contribution in [3.05, 3.63) is 0 Å². The van der Waals surface area contributed by atoms with Crippen LogP contribution in [0.5, 0.6) is 0 Å². The van der Waals surface area contributed by atoms with E-state index in [4.69, 9.17) is 5.26 Å². The molecule has 1 radical (unpaired) electrons. The minimum absolute atomic E-state index is 0.745. The molecule has 21 valence electrons. The molecule has 0 aliphatic rings. The van der Waals surface area contributed by atoms with Gasteiger partial charge in [0, 0.05) is 22.5 Å². The molecule has 3 heteroatoms. The second kappa shape index (κ2) is 3.19. The van der Waals surface area contributed by atoms with Gasteiger partial charge in [0.2, 0.25) is 0 Å². The summed E-state index contributed by atoms with van der Waals surface area (Å²) in [6.07, 6.45) is 0. The van der Waals surface area contributed by atoms with Gasteiger partial charge in [-0.25, -0.2) is 0 Å². The highest BCUT2D eigenvalue weighted by Gasteiger charge is 1.53. The lowest BCUT2D eigenvalue weighted by Gasteiger charge is -1.43. The standard InChI is InChI=1S/CNS2/c2-1-4-3. The lowest BCUT2D eigenvalue weighted by atomic mass is 11.8. The molecular formula is CNS2. The van der Waals surface area contributed by atoms with Gasteiger partial charge in [0.05, 0.1) is 0 Å². The van der Waals surface area contributed by atoms with E-state index in [0.29, 0.717) is 0 Å². The van der Waals surface area contributed by atoms with Crippen molar-refractivity contribution in [2.45, 2.75) is 0 Å². The van der Waals surface area contributed by atoms with Gasteiger partial charge in [0.25, 0.3) is 0 Å². The van der Waals surface area contributed by atoms with Gasteiger partial charge in [0.15, 0.2) is 0 Å². The molecule has 0 aliphatic carbocycles. The first-order valence-electron chi connectivity index (χ1n) is 0.594. The molecule has 0 aromatic heterocycles. The van der Waals surface area contributed by atoms with Crippen LogP contribution in [0.15, 0.2) is 0 Å². The van der Waals surface area contributed by atoms with Gasteiger partial charge in [-0.15, -0.1) is 0 Å². The SMILES string of the molecule is N#CS[S]. The van der Waals surface area contributed by atoms with E-state index in [-0.39, 0.29) is 0 Å². The van der Waals surface area contributed by atoms with Gasteiger partial charge in [-0.05, 0) is 0 Å². The van der Waals surface area contributed by atoms with Crippen molar-refractivity contribution < 1.29 is 0 Å². The van der Waals surface area contributed by atoms with Crippen LogP contribution in [0.4, 0.5) is 0 Å². The van der Waals surface area contributed by atoms with Crippen LogP contribution in [-0.4, -0.2) is 0 Å². The van der Waals surface area contributed by atoms with E-state index in [1.807, 2.05) is 0 Å².